The molecule has 1 rings (SSSR count). The molecule has 106 valence electrons. The molecule has 0 fully saturated rings. The number of hydrogen-bond donors (Lipinski definition) is 0. The molecule has 2 unspecified atom stereocenters. The van der Waals surface area contributed by atoms with E-state index in [1.165, 1.54) is 37.7 Å². The standard InChI is InChI=1S/C16H26.2CH4/c1-4-6-10-15(5-2)13-14(3)16-11-8-7-9-12-16;;/h7-9,11-12,14-15H,4-6,10,13H2,1-3H3;2*1H4. The van der Waals surface area contributed by atoms with E-state index in [-0.39, 0.29) is 14.9 Å². The van der Waals surface area contributed by atoms with Gasteiger partial charge in [-0.15, -0.1) is 0 Å². The van der Waals surface area contributed by atoms with E-state index >= 15 is 0 Å². The lowest BCUT2D eigenvalue weighted by Gasteiger charge is -2.19. The van der Waals surface area contributed by atoms with Gasteiger partial charge in [-0.3, -0.25) is 0 Å². The Labute approximate surface area is 116 Å². The summed E-state index contributed by atoms with van der Waals surface area (Å²) in [7, 11) is 0. The Morgan fingerprint density at radius 2 is 1.61 bits per heavy atom. The van der Waals surface area contributed by atoms with Gasteiger partial charge in [0.2, 0.25) is 0 Å². The third-order valence-corrected chi connectivity index (χ3v) is 3.60. The summed E-state index contributed by atoms with van der Waals surface area (Å²) in [5, 5.41) is 0. The first-order chi connectivity index (χ1) is 7.77. The molecule has 2 atom stereocenters. The Balaban J connectivity index is 0. The molecule has 0 heterocycles. The van der Waals surface area contributed by atoms with Crippen LogP contribution in [-0.4, -0.2) is 0 Å². The zero-order valence-electron chi connectivity index (χ0n) is 11.1. The Kier molecular flexibility index (Phi) is 12.3. The third-order valence-electron chi connectivity index (χ3n) is 3.60. The Hall–Kier alpha value is -0.780. The van der Waals surface area contributed by atoms with Crippen molar-refractivity contribution < 1.29 is 0 Å². The summed E-state index contributed by atoms with van der Waals surface area (Å²) in [6.45, 7) is 6.98. The third kappa shape index (κ3) is 6.83. The van der Waals surface area contributed by atoms with Crippen LogP contribution in [0.25, 0.3) is 0 Å². The fourth-order valence-electron chi connectivity index (χ4n) is 2.40. The monoisotopic (exact) mass is 250 g/mol. The molecule has 1 aromatic rings. The van der Waals surface area contributed by atoms with Crippen molar-refractivity contribution in [3.63, 3.8) is 0 Å². The van der Waals surface area contributed by atoms with Gasteiger partial charge >= 0.3 is 0 Å². The van der Waals surface area contributed by atoms with E-state index in [1.807, 2.05) is 0 Å². The minimum absolute atomic E-state index is 0. The maximum atomic E-state index is 2.37. The number of benzene rings is 1. The van der Waals surface area contributed by atoms with Gasteiger partial charge in [0.25, 0.3) is 0 Å². The van der Waals surface area contributed by atoms with Gasteiger partial charge in [-0.2, -0.15) is 0 Å². The van der Waals surface area contributed by atoms with Crippen LogP contribution in [-0.2, 0) is 0 Å². The second-order valence-electron chi connectivity index (χ2n) is 4.96. The van der Waals surface area contributed by atoms with Gasteiger partial charge in [0.1, 0.15) is 0 Å². The highest BCUT2D eigenvalue weighted by atomic mass is 14.2. The van der Waals surface area contributed by atoms with Gasteiger partial charge in [-0.25, -0.2) is 0 Å². The lowest BCUT2D eigenvalue weighted by Crippen LogP contribution is -2.04. The molecule has 1 aromatic carbocycles. The molecule has 0 radical (unpaired) electrons. The zero-order valence-corrected chi connectivity index (χ0v) is 11.1. The molecule has 0 N–H and O–H groups in total. The zero-order chi connectivity index (χ0) is 11.8. The normalized spacial score (nSPS) is 13.1. The second kappa shape index (κ2) is 11.3. The number of rotatable bonds is 7. The fraction of sp³-hybridized carbons (Fsp3) is 0.667. The molecule has 0 saturated carbocycles. The van der Waals surface area contributed by atoms with Crippen molar-refractivity contribution in [2.45, 2.75) is 73.6 Å². The van der Waals surface area contributed by atoms with Gasteiger partial charge in [-0.05, 0) is 23.8 Å². The van der Waals surface area contributed by atoms with Crippen molar-refractivity contribution in [3.05, 3.63) is 35.9 Å². The van der Waals surface area contributed by atoms with Crippen LogP contribution >= 0.6 is 0 Å². The topological polar surface area (TPSA) is 0 Å². The van der Waals surface area contributed by atoms with Gasteiger partial charge < -0.3 is 0 Å². The van der Waals surface area contributed by atoms with Crippen LogP contribution in [0.5, 0.6) is 0 Å². The molecule has 0 saturated heterocycles. The molecule has 18 heavy (non-hydrogen) atoms. The molecular weight excluding hydrogens is 216 g/mol. The van der Waals surface area contributed by atoms with E-state index in [0.29, 0.717) is 5.92 Å². The maximum absolute atomic E-state index is 2.37. The van der Waals surface area contributed by atoms with Crippen LogP contribution < -0.4 is 0 Å². The van der Waals surface area contributed by atoms with Crippen molar-refractivity contribution in [1.82, 2.24) is 0 Å². The quantitative estimate of drug-likeness (QED) is 0.507. The summed E-state index contributed by atoms with van der Waals surface area (Å²) >= 11 is 0. The average molecular weight is 250 g/mol. The van der Waals surface area contributed by atoms with Crippen LogP contribution in [0.2, 0.25) is 0 Å². The summed E-state index contributed by atoms with van der Waals surface area (Å²) in [6.07, 6.45) is 6.80. The average Bonchev–Trinajstić information content (AvgIpc) is 2.35. The van der Waals surface area contributed by atoms with Crippen molar-refractivity contribution in [3.8, 4) is 0 Å². The molecule has 0 nitrogen and oxygen atoms in total. The SMILES string of the molecule is C.C.CCCCC(CC)CC(C)c1ccccc1. The van der Waals surface area contributed by atoms with E-state index in [4.69, 9.17) is 0 Å². The number of hydrogen-bond acceptors (Lipinski definition) is 0. The highest BCUT2D eigenvalue weighted by molar-refractivity contribution is 5.18. The van der Waals surface area contributed by atoms with Crippen LogP contribution in [0.1, 0.15) is 79.2 Å². The molecule has 0 aliphatic rings. The van der Waals surface area contributed by atoms with Crippen LogP contribution in [0.4, 0.5) is 0 Å². The smallest absolute Gasteiger partial charge is 0.0188 e. The first kappa shape index (κ1) is 19.6. The molecule has 0 bridgehead atoms. The Bertz CT molecular complexity index is 263. The van der Waals surface area contributed by atoms with Crippen molar-refractivity contribution in [1.29, 1.82) is 0 Å². The van der Waals surface area contributed by atoms with Crippen LogP contribution in [0.3, 0.4) is 0 Å². The first-order valence-electron chi connectivity index (χ1n) is 6.82. The first-order valence-corrected chi connectivity index (χ1v) is 6.82. The molecule has 0 amide bonds. The maximum Gasteiger partial charge on any atom is -0.0188 e. The molecule has 0 spiro atoms. The Morgan fingerprint density at radius 1 is 1.00 bits per heavy atom. The van der Waals surface area contributed by atoms with Gasteiger partial charge in [0.05, 0.1) is 0 Å². The van der Waals surface area contributed by atoms with E-state index in [9.17, 15) is 0 Å². The Morgan fingerprint density at radius 3 is 2.11 bits per heavy atom. The van der Waals surface area contributed by atoms with Crippen molar-refractivity contribution >= 4 is 0 Å². The van der Waals surface area contributed by atoms with Crippen molar-refractivity contribution in [2.75, 3.05) is 0 Å². The summed E-state index contributed by atoms with van der Waals surface area (Å²) in [4.78, 5) is 0. The van der Waals surface area contributed by atoms with Gasteiger partial charge in [-0.1, -0.05) is 91.6 Å². The van der Waals surface area contributed by atoms with Crippen molar-refractivity contribution in [2.24, 2.45) is 5.92 Å². The van der Waals surface area contributed by atoms with Crippen LogP contribution in [0.15, 0.2) is 30.3 Å². The fourth-order valence-corrected chi connectivity index (χ4v) is 2.40. The molecular formula is C18H34. The molecule has 0 heteroatoms. The minimum atomic E-state index is 0. The highest BCUT2D eigenvalue weighted by Gasteiger charge is 2.12. The molecule has 0 aromatic heterocycles. The van der Waals surface area contributed by atoms with Gasteiger partial charge in [0.15, 0.2) is 0 Å². The predicted octanol–water partition coefficient (Wildman–Crippen LogP) is 6.67. The van der Waals surface area contributed by atoms with E-state index in [2.05, 4.69) is 51.1 Å². The second-order valence-corrected chi connectivity index (χ2v) is 4.96. The highest BCUT2D eigenvalue weighted by Crippen LogP contribution is 2.27. The summed E-state index contributed by atoms with van der Waals surface area (Å²) in [6, 6.07) is 10.9. The lowest BCUT2D eigenvalue weighted by molar-refractivity contribution is 0.394. The van der Waals surface area contributed by atoms with E-state index in [0.717, 1.165) is 5.92 Å². The largest absolute Gasteiger partial charge is 0.0776 e. The molecule has 0 aliphatic carbocycles. The summed E-state index contributed by atoms with van der Waals surface area (Å²) < 4.78 is 0. The lowest BCUT2D eigenvalue weighted by atomic mass is 9.86. The van der Waals surface area contributed by atoms with E-state index in [1.54, 1.807) is 0 Å². The summed E-state index contributed by atoms with van der Waals surface area (Å²) in [5.74, 6) is 1.62. The van der Waals surface area contributed by atoms with Crippen LogP contribution in [0, 0.1) is 5.92 Å². The van der Waals surface area contributed by atoms with Gasteiger partial charge in [0, 0.05) is 0 Å². The predicted molar refractivity (Wildman–Crippen MR) is 86.2 cm³/mol. The summed E-state index contributed by atoms with van der Waals surface area (Å²) in [5.41, 5.74) is 1.50. The number of unbranched alkanes of at least 4 members (excludes halogenated alkanes) is 1. The molecule has 0 aliphatic heterocycles. The minimum Gasteiger partial charge on any atom is -0.0776 e. The van der Waals surface area contributed by atoms with E-state index < -0.39 is 0 Å².